The zero-order valence-electron chi connectivity index (χ0n) is 17.2. The van der Waals surface area contributed by atoms with E-state index in [1.54, 1.807) is 11.3 Å². The number of carbonyl (C=O) groups is 1. The van der Waals surface area contributed by atoms with E-state index < -0.39 is 0 Å². The molecule has 0 saturated carbocycles. The Balaban J connectivity index is 1.28. The lowest BCUT2D eigenvalue weighted by Gasteiger charge is -2.31. The number of morpholine rings is 1. The van der Waals surface area contributed by atoms with Crippen LogP contribution in [0.3, 0.4) is 0 Å². The largest absolute Gasteiger partial charge is 0.478 e. The maximum Gasteiger partial charge on any atom is 0.232 e. The maximum atomic E-state index is 12.9. The Morgan fingerprint density at radius 2 is 1.97 bits per heavy atom. The van der Waals surface area contributed by atoms with Crippen molar-refractivity contribution in [1.29, 1.82) is 0 Å². The predicted octanol–water partition coefficient (Wildman–Crippen LogP) is 3.55. The maximum absolute atomic E-state index is 12.9. The molecule has 4 heterocycles. The molecule has 0 unspecified atom stereocenters. The third-order valence-corrected chi connectivity index (χ3v) is 6.86. The summed E-state index contributed by atoms with van der Waals surface area (Å²) in [6.07, 6.45) is 2.94. The number of rotatable bonds is 5. The highest BCUT2D eigenvalue weighted by Crippen LogP contribution is 2.42. The van der Waals surface area contributed by atoms with Crippen molar-refractivity contribution in [2.24, 2.45) is 0 Å². The van der Waals surface area contributed by atoms with Crippen LogP contribution in [-0.4, -0.2) is 61.7 Å². The number of allylic oxidation sites excluding steroid dienone is 1. The molecule has 3 aliphatic rings. The average molecular weight is 427 g/mol. The Bertz CT molecular complexity index is 978. The van der Waals surface area contributed by atoms with Crippen molar-refractivity contribution in [2.75, 3.05) is 46.1 Å². The third-order valence-electron chi connectivity index (χ3n) is 5.90. The van der Waals surface area contributed by atoms with E-state index in [9.17, 15) is 4.79 Å². The van der Waals surface area contributed by atoms with Crippen molar-refractivity contribution in [3.8, 4) is 11.5 Å². The lowest BCUT2D eigenvalue weighted by molar-refractivity contribution is 0.0329. The van der Waals surface area contributed by atoms with Crippen LogP contribution >= 0.6 is 11.3 Å². The number of thiophene rings is 1. The van der Waals surface area contributed by atoms with Crippen LogP contribution in [0, 0.1) is 6.92 Å². The molecule has 1 fully saturated rings. The fraction of sp³-hybridized carbons (Fsp3) is 0.435. The lowest BCUT2D eigenvalue weighted by atomic mass is 10.0. The first-order chi connectivity index (χ1) is 14.7. The molecule has 3 aliphatic heterocycles. The molecular weight excluding hydrogens is 400 g/mol. The van der Waals surface area contributed by atoms with Crippen LogP contribution in [0.25, 0.3) is 6.08 Å². The molecule has 0 atom stereocenters. The summed E-state index contributed by atoms with van der Waals surface area (Å²) in [5.74, 6) is 1.83. The second-order valence-corrected chi connectivity index (χ2v) is 8.91. The van der Waals surface area contributed by atoms with E-state index in [2.05, 4.69) is 9.80 Å². The fourth-order valence-electron chi connectivity index (χ4n) is 4.14. The zero-order valence-corrected chi connectivity index (χ0v) is 18.0. The van der Waals surface area contributed by atoms with Crippen LogP contribution in [0.15, 0.2) is 29.3 Å². The van der Waals surface area contributed by atoms with E-state index in [1.165, 1.54) is 0 Å². The summed E-state index contributed by atoms with van der Waals surface area (Å²) in [4.78, 5) is 18.7. The average Bonchev–Trinajstić information content (AvgIpc) is 3.32. The standard InChI is InChI=1S/C23H26N2O4S/c1-16-5-12-30-21(16)13-20-22(26)17-3-4-19-18(23(17)29-20)14-25(15-28-19)7-2-6-24-8-10-27-11-9-24/h3-5,12-13H,2,6-11,14-15H2,1H3/b20-13-. The Hall–Kier alpha value is -2.19. The lowest BCUT2D eigenvalue weighted by Crippen LogP contribution is -2.39. The van der Waals surface area contributed by atoms with Gasteiger partial charge < -0.3 is 14.2 Å². The van der Waals surface area contributed by atoms with Gasteiger partial charge in [-0.15, -0.1) is 11.3 Å². The minimum atomic E-state index is -0.0509. The van der Waals surface area contributed by atoms with Gasteiger partial charge in [0.1, 0.15) is 18.2 Å². The molecule has 1 aromatic heterocycles. The molecule has 1 saturated heterocycles. The zero-order chi connectivity index (χ0) is 20.5. The van der Waals surface area contributed by atoms with Gasteiger partial charge in [0.05, 0.1) is 24.3 Å². The number of ketones is 1. The van der Waals surface area contributed by atoms with Crippen LogP contribution in [0.2, 0.25) is 0 Å². The topological polar surface area (TPSA) is 51.2 Å². The fourth-order valence-corrected chi connectivity index (χ4v) is 4.99. The molecule has 7 heteroatoms. The molecule has 0 bridgehead atoms. The van der Waals surface area contributed by atoms with Gasteiger partial charge >= 0.3 is 0 Å². The number of aryl methyl sites for hydroxylation is 1. The van der Waals surface area contributed by atoms with E-state index in [-0.39, 0.29) is 5.78 Å². The molecule has 0 amide bonds. The number of hydrogen-bond acceptors (Lipinski definition) is 7. The van der Waals surface area contributed by atoms with Gasteiger partial charge in [0.15, 0.2) is 5.76 Å². The molecule has 6 nitrogen and oxygen atoms in total. The molecule has 1 aromatic carbocycles. The van der Waals surface area contributed by atoms with E-state index in [0.29, 0.717) is 23.8 Å². The van der Waals surface area contributed by atoms with Crippen LogP contribution in [0.5, 0.6) is 11.5 Å². The minimum Gasteiger partial charge on any atom is -0.478 e. The van der Waals surface area contributed by atoms with Crippen molar-refractivity contribution in [3.63, 3.8) is 0 Å². The highest BCUT2D eigenvalue weighted by Gasteiger charge is 2.33. The van der Waals surface area contributed by atoms with Crippen LogP contribution < -0.4 is 9.47 Å². The SMILES string of the molecule is Cc1ccsc1/C=C1\Oc2c(ccc3c2CN(CCCN2CCOCC2)CO3)C1=O. The monoisotopic (exact) mass is 426 g/mol. The first-order valence-corrected chi connectivity index (χ1v) is 11.4. The second kappa shape index (κ2) is 8.51. The number of hydrogen-bond donors (Lipinski definition) is 0. The minimum absolute atomic E-state index is 0.0509. The van der Waals surface area contributed by atoms with Gasteiger partial charge in [-0.2, -0.15) is 0 Å². The quantitative estimate of drug-likeness (QED) is 0.682. The van der Waals surface area contributed by atoms with Crippen molar-refractivity contribution >= 4 is 23.2 Å². The van der Waals surface area contributed by atoms with Crippen LogP contribution in [0.4, 0.5) is 0 Å². The summed E-state index contributed by atoms with van der Waals surface area (Å²) in [6.45, 7) is 9.06. The van der Waals surface area contributed by atoms with Gasteiger partial charge in [-0.3, -0.25) is 14.6 Å². The molecule has 158 valence electrons. The molecule has 5 rings (SSSR count). The van der Waals surface area contributed by atoms with E-state index in [4.69, 9.17) is 14.2 Å². The second-order valence-electron chi connectivity index (χ2n) is 7.96. The Morgan fingerprint density at radius 1 is 1.13 bits per heavy atom. The molecule has 2 aromatic rings. The summed E-state index contributed by atoms with van der Waals surface area (Å²) in [5.41, 5.74) is 2.76. The van der Waals surface area contributed by atoms with Crippen LogP contribution in [-0.2, 0) is 11.3 Å². The van der Waals surface area contributed by atoms with E-state index in [0.717, 1.165) is 74.1 Å². The number of Topliss-reactive ketones (excluding diaryl/α,β-unsaturated/α-hetero) is 1. The molecule has 0 radical (unpaired) electrons. The first kappa shape index (κ1) is 19.8. The van der Waals surface area contributed by atoms with Crippen molar-refractivity contribution in [3.05, 3.63) is 50.9 Å². The number of carbonyl (C=O) groups excluding carboxylic acids is 1. The number of ether oxygens (including phenoxy) is 3. The van der Waals surface area contributed by atoms with Crippen molar-refractivity contribution < 1.29 is 19.0 Å². The van der Waals surface area contributed by atoms with Crippen molar-refractivity contribution in [1.82, 2.24) is 9.80 Å². The Kier molecular flexibility index (Phi) is 5.60. The van der Waals surface area contributed by atoms with Gasteiger partial charge in [0, 0.05) is 37.1 Å². The smallest absolute Gasteiger partial charge is 0.232 e. The normalized spacial score (nSPS) is 20.7. The van der Waals surface area contributed by atoms with Crippen LogP contribution in [0.1, 0.15) is 32.8 Å². The highest BCUT2D eigenvalue weighted by molar-refractivity contribution is 7.11. The summed E-state index contributed by atoms with van der Waals surface area (Å²) in [5, 5.41) is 2.03. The summed E-state index contributed by atoms with van der Waals surface area (Å²) < 4.78 is 17.5. The number of fused-ring (bicyclic) bond motifs is 3. The van der Waals surface area contributed by atoms with Crippen molar-refractivity contribution in [2.45, 2.75) is 19.9 Å². The van der Waals surface area contributed by atoms with E-state index >= 15 is 0 Å². The molecular formula is C23H26N2O4S. The van der Waals surface area contributed by atoms with Gasteiger partial charge in [-0.25, -0.2) is 0 Å². The highest BCUT2D eigenvalue weighted by atomic mass is 32.1. The summed E-state index contributed by atoms with van der Waals surface area (Å²) in [6, 6.07) is 5.78. The van der Waals surface area contributed by atoms with Gasteiger partial charge in [0.25, 0.3) is 0 Å². The summed E-state index contributed by atoms with van der Waals surface area (Å²) in [7, 11) is 0. The molecule has 0 spiro atoms. The number of nitrogens with zero attached hydrogens (tertiary/aromatic N) is 2. The Morgan fingerprint density at radius 3 is 2.77 bits per heavy atom. The number of benzene rings is 1. The third kappa shape index (κ3) is 3.90. The molecule has 0 aliphatic carbocycles. The first-order valence-electron chi connectivity index (χ1n) is 10.5. The van der Waals surface area contributed by atoms with E-state index in [1.807, 2.05) is 36.6 Å². The molecule has 30 heavy (non-hydrogen) atoms. The van der Waals surface area contributed by atoms with Gasteiger partial charge in [0.2, 0.25) is 5.78 Å². The van der Waals surface area contributed by atoms with Gasteiger partial charge in [-0.05, 0) is 49.0 Å². The summed E-state index contributed by atoms with van der Waals surface area (Å²) >= 11 is 1.61. The Labute approximate surface area is 180 Å². The molecule has 0 N–H and O–H groups in total. The predicted molar refractivity (Wildman–Crippen MR) is 116 cm³/mol. The van der Waals surface area contributed by atoms with Gasteiger partial charge in [-0.1, -0.05) is 0 Å².